The van der Waals surface area contributed by atoms with Gasteiger partial charge in [0.25, 0.3) is 0 Å². The molecule has 0 aromatic rings. The quantitative estimate of drug-likeness (QED) is 0.530. The number of hydrogen-bond acceptors (Lipinski definition) is 2. The van der Waals surface area contributed by atoms with E-state index in [0.717, 1.165) is 18.7 Å². The highest BCUT2D eigenvalue weighted by molar-refractivity contribution is 6.25. The summed E-state index contributed by atoms with van der Waals surface area (Å²) in [6.45, 7) is 2.10. The number of alkyl halides is 2. The summed E-state index contributed by atoms with van der Waals surface area (Å²) in [5.41, 5.74) is -0.183. The second kappa shape index (κ2) is 4.17. The Morgan fingerprint density at radius 1 is 1.64 bits per heavy atom. The molecule has 0 spiro atoms. The standard InChI is InChI=1S/C7H12Cl2N2/c1-2-3-7-10-5(8)4-6(9)11-7/h5-6H,2-4H2,1H3,(H,10,11). The smallest absolute Gasteiger partial charge is 0.128 e. The maximum Gasteiger partial charge on any atom is 0.128 e. The third-order valence-electron chi connectivity index (χ3n) is 1.51. The lowest BCUT2D eigenvalue weighted by atomic mass is 10.2. The van der Waals surface area contributed by atoms with E-state index in [1.165, 1.54) is 0 Å². The average molecular weight is 195 g/mol. The van der Waals surface area contributed by atoms with Crippen molar-refractivity contribution in [2.75, 3.05) is 0 Å². The highest BCUT2D eigenvalue weighted by Crippen LogP contribution is 2.15. The topological polar surface area (TPSA) is 24.4 Å². The molecule has 0 amide bonds. The SMILES string of the molecule is CCCC1=NC(Cl)CC(Cl)N1. The van der Waals surface area contributed by atoms with Crippen molar-refractivity contribution in [3.05, 3.63) is 0 Å². The molecule has 64 valence electrons. The molecule has 0 radical (unpaired) electrons. The first-order chi connectivity index (χ1) is 5.22. The van der Waals surface area contributed by atoms with E-state index in [9.17, 15) is 0 Å². The summed E-state index contributed by atoms with van der Waals surface area (Å²) in [5.74, 6) is 0.943. The molecule has 0 saturated heterocycles. The lowest BCUT2D eigenvalue weighted by Crippen LogP contribution is -2.37. The van der Waals surface area contributed by atoms with E-state index in [4.69, 9.17) is 23.2 Å². The van der Waals surface area contributed by atoms with Crippen molar-refractivity contribution in [1.29, 1.82) is 0 Å². The molecular weight excluding hydrogens is 183 g/mol. The van der Waals surface area contributed by atoms with Crippen LogP contribution in [0.1, 0.15) is 26.2 Å². The number of nitrogens with one attached hydrogen (secondary N) is 1. The van der Waals surface area contributed by atoms with Crippen LogP contribution in [-0.4, -0.2) is 16.8 Å². The second-order valence-corrected chi connectivity index (χ2v) is 3.64. The van der Waals surface area contributed by atoms with E-state index in [1.54, 1.807) is 0 Å². The van der Waals surface area contributed by atoms with Crippen LogP contribution in [0.25, 0.3) is 0 Å². The Morgan fingerprint density at radius 3 is 2.91 bits per heavy atom. The minimum absolute atomic E-state index is 0.0449. The van der Waals surface area contributed by atoms with Gasteiger partial charge in [0.15, 0.2) is 0 Å². The summed E-state index contributed by atoms with van der Waals surface area (Å²) in [7, 11) is 0. The number of amidine groups is 1. The molecule has 2 unspecified atom stereocenters. The van der Waals surface area contributed by atoms with Crippen molar-refractivity contribution in [3.8, 4) is 0 Å². The van der Waals surface area contributed by atoms with Crippen molar-refractivity contribution < 1.29 is 0 Å². The lowest BCUT2D eigenvalue weighted by molar-refractivity contribution is 0.639. The van der Waals surface area contributed by atoms with Gasteiger partial charge in [0, 0.05) is 12.8 Å². The molecule has 1 N–H and O–H groups in total. The molecule has 0 bridgehead atoms. The third kappa shape index (κ3) is 2.88. The monoisotopic (exact) mass is 194 g/mol. The van der Waals surface area contributed by atoms with Crippen molar-refractivity contribution in [3.63, 3.8) is 0 Å². The zero-order valence-corrected chi connectivity index (χ0v) is 7.99. The van der Waals surface area contributed by atoms with Crippen LogP contribution in [-0.2, 0) is 0 Å². The first-order valence-electron chi connectivity index (χ1n) is 3.83. The Labute approximate surface area is 77.0 Å². The second-order valence-electron chi connectivity index (χ2n) is 2.61. The predicted molar refractivity (Wildman–Crippen MR) is 49.4 cm³/mol. The van der Waals surface area contributed by atoms with Gasteiger partial charge in [0.2, 0.25) is 0 Å². The van der Waals surface area contributed by atoms with Crippen LogP contribution in [0.5, 0.6) is 0 Å². The average Bonchev–Trinajstić information content (AvgIpc) is 1.85. The van der Waals surface area contributed by atoms with Gasteiger partial charge in [-0.3, -0.25) is 4.99 Å². The number of nitrogens with zero attached hydrogens (tertiary/aromatic N) is 1. The molecule has 2 atom stereocenters. The van der Waals surface area contributed by atoms with Crippen LogP contribution in [0.4, 0.5) is 0 Å². The van der Waals surface area contributed by atoms with Gasteiger partial charge < -0.3 is 5.32 Å². The summed E-state index contributed by atoms with van der Waals surface area (Å²) in [5, 5.41) is 3.08. The number of halogens is 2. The van der Waals surface area contributed by atoms with Crippen LogP contribution in [0, 0.1) is 0 Å². The minimum Gasteiger partial charge on any atom is -0.358 e. The highest BCUT2D eigenvalue weighted by atomic mass is 35.5. The Hall–Kier alpha value is 0.0500. The molecule has 1 heterocycles. The molecule has 11 heavy (non-hydrogen) atoms. The number of hydrogen-bond donors (Lipinski definition) is 1. The largest absolute Gasteiger partial charge is 0.358 e. The third-order valence-corrected chi connectivity index (χ3v) is 2.07. The van der Waals surface area contributed by atoms with Crippen molar-refractivity contribution in [2.45, 2.75) is 37.2 Å². The molecule has 0 fully saturated rings. The molecule has 0 aromatic carbocycles. The fourth-order valence-electron chi connectivity index (χ4n) is 1.04. The summed E-state index contributed by atoms with van der Waals surface area (Å²) >= 11 is 11.7. The van der Waals surface area contributed by atoms with Gasteiger partial charge in [-0.05, 0) is 6.42 Å². The van der Waals surface area contributed by atoms with Gasteiger partial charge in [0.1, 0.15) is 11.0 Å². The van der Waals surface area contributed by atoms with E-state index in [1.807, 2.05) is 0 Å². The first kappa shape index (κ1) is 9.14. The van der Waals surface area contributed by atoms with Crippen molar-refractivity contribution in [1.82, 2.24) is 5.32 Å². The van der Waals surface area contributed by atoms with E-state index < -0.39 is 0 Å². The number of aliphatic imine (C=N–C) groups is 1. The normalized spacial score (nSPS) is 31.0. The molecule has 2 nitrogen and oxygen atoms in total. The summed E-state index contributed by atoms with van der Waals surface area (Å²) in [4.78, 5) is 4.21. The maximum atomic E-state index is 5.87. The van der Waals surface area contributed by atoms with E-state index in [-0.39, 0.29) is 11.0 Å². The Morgan fingerprint density at radius 2 is 2.36 bits per heavy atom. The van der Waals surface area contributed by atoms with Gasteiger partial charge in [-0.2, -0.15) is 0 Å². The Bertz CT molecular complexity index is 159. The summed E-state index contributed by atoms with van der Waals surface area (Å²) in [6, 6.07) is 0. The van der Waals surface area contributed by atoms with Gasteiger partial charge in [-0.25, -0.2) is 0 Å². The molecule has 1 aliphatic heterocycles. The Balaban J connectivity index is 2.49. The molecule has 0 aliphatic carbocycles. The molecule has 4 heteroatoms. The van der Waals surface area contributed by atoms with Crippen LogP contribution < -0.4 is 5.32 Å². The fourth-order valence-corrected chi connectivity index (χ4v) is 1.72. The Kier molecular flexibility index (Phi) is 3.46. The molecular formula is C7H12Cl2N2. The van der Waals surface area contributed by atoms with Gasteiger partial charge >= 0.3 is 0 Å². The van der Waals surface area contributed by atoms with Crippen LogP contribution in [0.15, 0.2) is 4.99 Å². The molecule has 1 rings (SSSR count). The molecule has 1 aliphatic rings. The summed E-state index contributed by atoms with van der Waals surface area (Å²) in [6.07, 6.45) is 2.71. The van der Waals surface area contributed by atoms with Gasteiger partial charge in [-0.1, -0.05) is 30.1 Å². The van der Waals surface area contributed by atoms with E-state index >= 15 is 0 Å². The maximum absolute atomic E-state index is 5.87. The van der Waals surface area contributed by atoms with E-state index in [0.29, 0.717) is 6.42 Å². The van der Waals surface area contributed by atoms with Crippen molar-refractivity contribution in [2.24, 2.45) is 4.99 Å². The van der Waals surface area contributed by atoms with Crippen LogP contribution in [0.3, 0.4) is 0 Å². The lowest BCUT2D eigenvalue weighted by Gasteiger charge is -2.22. The van der Waals surface area contributed by atoms with Crippen LogP contribution in [0.2, 0.25) is 0 Å². The minimum atomic E-state index is -0.139. The van der Waals surface area contributed by atoms with Gasteiger partial charge in [-0.15, -0.1) is 0 Å². The predicted octanol–water partition coefficient (Wildman–Crippen LogP) is 2.31. The van der Waals surface area contributed by atoms with Crippen LogP contribution >= 0.6 is 23.2 Å². The fraction of sp³-hybridized carbons (Fsp3) is 0.857. The molecule has 0 aromatic heterocycles. The van der Waals surface area contributed by atoms with Crippen molar-refractivity contribution >= 4 is 29.0 Å². The first-order valence-corrected chi connectivity index (χ1v) is 4.71. The number of rotatable bonds is 2. The zero-order chi connectivity index (χ0) is 8.27. The summed E-state index contributed by atoms with van der Waals surface area (Å²) < 4.78 is 0. The van der Waals surface area contributed by atoms with Gasteiger partial charge in [0.05, 0.1) is 5.84 Å². The zero-order valence-electron chi connectivity index (χ0n) is 6.48. The molecule has 0 saturated carbocycles. The highest BCUT2D eigenvalue weighted by Gasteiger charge is 2.18. The van der Waals surface area contributed by atoms with E-state index in [2.05, 4.69) is 17.2 Å².